The van der Waals surface area contributed by atoms with Gasteiger partial charge >= 0.3 is 0 Å². The third-order valence-electron chi connectivity index (χ3n) is 2.08. The van der Waals surface area contributed by atoms with Crippen molar-refractivity contribution in [2.24, 2.45) is 5.92 Å². The van der Waals surface area contributed by atoms with Crippen molar-refractivity contribution in [2.75, 3.05) is 0 Å². The first-order valence-electron chi connectivity index (χ1n) is 4.82. The Kier molecular flexibility index (Phi) is 4.21. The summed E-state index contributed by atoms with van der Waals surface area (Å²) in [6, 6.07) is 7.41. The summed E-state index contributed by atoms with van der Waals surface area (Å²) in [7, 11) is 0. The standard InChI is InChI=1S/C12H13BrO2/c1-8(2)12(15)11(14)7-9-3-5-10(13)6-4-9/h3-6,8H,7H2,1-2H3. The van der Waals surface area contributed by atoms with Gasteiger partial charge in [-0.25, -0.2) is 0 Å². The molecule has 1 rings (SSSR count). The van der Waals surface area contributed by atoms with Crippen molar-refractivity contribution in [1.82, 2.24) is 0 Å². The van der Waals surface area contributed by atoms with Gasteiger partial charge in [0.25, 0.3) is 0 Å². The zero-order valence-corrected chi connectivity index (χ0v) is 10.4. The number of carbonyl (C=O) groups is 2. The molecule has 1 aromatic rings. The van der Waals surface area contributed by atoms with Crippen molar-refractivity contribution in [1.29, 1.82) is 0 Å². The van der Waals surface area contributed by atoms with Crippen LogP contribution in [0.3, 0.4) is 0 Å². The van der Waals surface area contributed by atoms with Crippen molar-refractivity contribution in [2.45, 2.75) is 20.3 Å². The van der Waals surface area contributed by atoms with Crippen LogP contribution >= 0.6 is 15.9 Å². The lowest BCUT2D eigenvalue weighted by atomic mass is 10.00. The number of hydrogen-bond donors (Lipinski definition) is 0. The van der Waals surface area contributed by atoms with Gasteiger partial charge in [0.2, 0.25) is 11.6 Å². The highest BCUT2D eigenvalue weighted by Crippen LogP contribution is 2.11. The second-order valence-electron chi connectivity index (χ2n) is 3.75. The van der Waals surface area contributed by atoms with E-state index in [1.165, 1.54) is 0 Å². The quantitative estimate of drug-likeness (QED) is 0.787. The normalized spacial score (nSPS) is 10.4. The lowest BCUT2D eigenvalue weighted by molar-refractivity contribution is -0.138. The molecule has 0 amide bonds. The van der Waals surface area contributed by atoms with Crippen molar-refractivity contribution >= 4 is 27.5 Å². The molecule has 0 saturated heterocycles. The van der Waals surface area contributed by atoms with Gasteiger partial charge in [0.1, 0.15) is 0 Å². The molecule has 0 saturated carbocycles. The Balaban J connectivity index is 2.67. The van der Waals surface area contributed by atoms with Crippen LogP contribution in [0.25, 0.3) is 0 Å². The minimum absolute atomic E-state index is 0.199. The van der Waals surface area contributed by atoms with Gasteiger partial charge in [0, 0.05) is 16.8 Å². The zero-order chi connectivity index (χ0) is 11.4. The fourth-order valence-corrected chi connectivity index (χ4v) is 1.46. The maximum Gasteiger partial charge on any atom is 0.203 e. The van der Waals surface area contributed by atoms with E-state index < -0.39 is 0 Å². The van der Waals surface area contributed by atoms with E-state index in [0.717, 1.165) is 10.0 Å². The van der Waals surface area contributed by atoms with E-state index >= 15 is 0 Å². The fraction of sp³-hybridized carbons (Fsp3) is 0.333. The number of halogens is 1. The molecule has 0 unspecified atom stereocenters. The number of ketones is 2. The smallest absolute Gasteiger partial charge is 0.203 e. The van der Waals surface area contributed by atoms with Gasteiger partial charge in [-0.05, 0) is 17.7 Å². The van der Waals surface area contributed by atoms with Gasteiger partial charge in [0.15, 0.2) is 0 Å². The van der Waals surface area contributed by atoms with E-state index in [1.54, 1.807) is 13.8 Å². The number of carbonyl (C=O) groups excluding carboxylic acids is 2. The molecule has 15 heavy (non-hydrogen) atoms. The van der Waals surface area contributed by atoms with Gasteiger partial charge in [0.05, 0.1) is 0 Å². The predicted octanol–water partition coefficient (Wildman–Crippen LogP) is 2.79. The summed E-state index contributed by atoms with van der Waals surface area (Å²) < 4.78 is 0.967. The molecular formula is C12H13BrO2. The summed E-state index contributed by atoms with van der Waals surface area (Å²) in [5.41, 5.74) is 0.872. The highest BCUT2D eigenvalue weighted by molar-refractivity contribution is 9.10. The third kappa shape index (κ3) is 3.59. The van der Waals surface area contributed by atoms with Crippen molar-refractivity contribution < 1.29 is 9.59 Å². The van der Waals surface area contributed by atoms with E-state index in [9.17, 15) is 9.59 Å². The predicted molar refractivity (Wildman–Crippen MR) is 62.7 cm³/mol. The lowest BCUT2D eigenvalue weighted by Crippen LogP contribution is -2.21. The molecule has 0 aliphatic heterocycles. The summed E-state index contributed by atoms with van der Waals surface area (Å²) in [5, 5.41) is 0. The Bertz CT molecular complexity index is 366. The van der Waals surface area contributed by atoms with Gasteiger partial charge in [-0.1, -0.05) is 41.9 Å². The van der Waals surface area contributed by atoms with Crippen molar-refractivity contribution in [3.05, 3.63) is 34.3 Å². The summed E-state index contributed by atoms with van der Waals surface area (Å²) in [6.45, 7) is 3.48. The molecular weight excluding hydrogens is 256 g/mol. The number of Topliss-reactive ketones (excluding diaryl/α,β-unsaturated/α-hetero) is 2. The van der Waals surface area contributed by atoms with Crippen LogP contribution in [0.5, 0.6) is 0 Å². The first kappa shape index (κ1) is 12.1. The minimum atomic E-state index is -0.313. The lowest BCUT2D eigenvalue weighted by Gasteiger charge is -2.03. The number of benzene rings is 1. The fourth-order valence-electron chi connectivity index (χ4n) is 1.20. The topological polar surface area (TPSA) is 34.1 Å². The Hall–Kier alpha value is -0.960. The van der Waals surface area contributed by atoms with Crippen molar-refractivity contribution in [3.8, 4) is 0 Å². The van der Waals surface area contributed by atoms with Gasteiger partial charge in [-0.2, -0.15) is 0 Å². The van der Waals surface area contributed by atoms with Crippen molar-refractivity contribution in [3.63, 3.8) is 0 Å². The molecule has 0 aliphatic rings. The maximum absolute atomic E-state index is 11.5. The Morgan fingerprint density at radius 1 is 1.20 bits per heavy atom. The first-order chi connectivity index (χ1) is 7.00. The summed E-state index contributed by atoms with van der Waals surface area (Å²) in [6.07, 6.45) is 0.199. The average Bonchev–Trinajstić information content (AvgIpc) is 2.20. The second kappa shape index (κ2) is 5.21. The van der Waals surface area contributed by atoms with Gasteiger partial charge in [-0.3, -0.25) is 9.59 Å². The van der Waals surface area contributed by atoms with Crippen LogP contribution in [0.2, 0.25) is 0 Å². The Morgan fingerprint density at radius 3 is 2.20 bits per heavy atom. The van der Waals surface area contributed by atoms with Crippen LogP contribution in [0.1, 0.15) is 19.4 Å². The highest BCUT2D eigenvalue weighted by Gasteiger charge is 2.17. The van der Waals surface area contributed by atoms with Gasteiger partial charge in [-0.15, -0.1) is 0 Å². The molecule has 80 valence electrons. The number of hydrogen-bond acceptors (Lipinski definition) is 2. The average molecular weight is 269 g/mol. The molecule has 3 heteroatoms. The molecule has 0 aromatic heterocycles. The summed E-state index contributed by atoms with van der Waals surface area (Å²) in [5.74, 6) is -0.821. The molecule has 0 atom stereocenters. The summed E-state index contributed by atoms with van der Waals surface area (Å²) in [4.78, 5) is 22.8. The molecule has 0 N–H and O–H groups in total. The maximum atomic E-state index is 11.5. The minimum Gasteiger partial charge on any atom is -0.291 e. The zero-order valence-electron chi connectivity index (χ0n) is 8.79. The van der Waals surface area contributed by atoms with Crippen LogP contribution in [0.4, 0.5) is 0 Å². The molecule has 0 spiro atoms. The number of rotatable bonds is 4. The molecule has 0 heterocycles. The third-order valence-corrected chi connectivity index (χ3v) is 2.61. The molecule has 0 radical (unpaired) electrons. The Labute approximate surface area is 97.8 Å². The van der Waals surface area contributed by atoms with E-state index in [4.69, 9.17) is 0 Å². The van der Waals surface area contributed by atoms with Gasteiger partial charge < -0.3 is 0 Å². The largest absolute Gasteiger partial charge is 0.291 e. The molecule has 2 nitrogen and oxygen atoms in total. The van der Waals surface area contributed by atoms with Crippen LogP contribution in [-0.4, -0.2) is 11.6 Å². The summed E-state index contributed by atoms with van der Waals surface area (Å²) >= 11 is 3.31. The van der Waals surface area contributed by atoms with E-state index in [1.807, 2.05) is 24.3 Å². The Morgan fingerprint density at radius 2 is 1.73 bits per heavy atom. The van der Waals surface area contributed by atoms with Crippen LogP contribution in [0.15, 0.2) is 28.7 Å². The molecule has 1 aromatic carbocycles. The second-order valence-corrected chi connectivity index (χ2v) is 4.66. The van der Waals surface area contributed by atoms with Crippen LogP contribution < -0.4 is 0 Å². The van der Waals surface area contributed by atoms with Crippen LogP contribution in [-0.2, 0) is 16.0 Å². The van der Waals surface area contributed by atoms with E-state index in [2.05, 4.69) is 15.9 Å². The molecule has 0 bridgehead atoms. The first-order valence-corrected chi connectivity index (χ1v) is 5.61. The highest BCUT2D eigenvalue weighted by atomic mass is 79.9. The monoisotopic (exact) mass is 268 g/mol. The van der Waals surface area contributed by atoms with E-state index in [0.29, 0.717) is 0 Å². The SMILES string of the molecule is CC(C)C(=O)C(=O)Cc1ccc(Br)cc1. The van der Waals surface area contributed by atoms with E-state index in [-0.39, 0.29) is 23.9 Å². The van der Waals surface area contributed by atoms with Crippen LogP contribution in [0, 0.1) is 5.92 Å². The molecule has 0 fully saturated rings. The molecule has 0 aliphatic carbocycles.